The van der Waals surface area contributed by atoms with Crippen LogP contribution < -0.4 is 10.9 Å². The molecule has 4 heterocycles. The number of fused-ring (bicyclic) bond motifs is 1. The first-order valence-electron chi connectivity index (χ1n) is 10.5. The molecule has 0 amide bonds. The van der Waals surface area contributed by atoms with Gasteiger partial charge in [0.2, 0.25) is 15.6 Å². The second-order valence-corrected chi connectivity index (χ2v) is 9.75. The van der Waals surface area contributed by atoms with Gasteiger partial charge in [0, 0.05) is 49.0 Å². The van der Waals surface area contributed by atoms with Crippen LogP contribution in [0.5, 0.6) is 0 Å². The number of imidazole rings is 1. The molecule has 0 atom stereocenters. The summed E-state index contributed by atoms with van der Waals surface area (Å²) in [6, 6.07) is 14.0. The summed E-state index contributed by atoms with van der Waals surface area (Å²) in [5.74, 6) is 0. The van der Waals surface area contributed by atoms with Gasteiger partial charge in [0.1, 0.15) is 0 Å². The van der Waals surface area contributed by atoms with Crippen molar-refractivity contribution in [3.05, 3.63) is 77.5 Å². The molecule has 9 heteroatoms. The van der Waals surface area contributed by atoms with Crippen molar-refractivity contribution in [2.75, 3.05) is 18.4 Å². The van der Waals surface area contributed by atoms with Gasteiger partial charge in [0.05, 0.1) is 16.3 Å². The van der Waals surface area contributed by atoms with E-state index in [4.69, 9.17) is 0 Å². The Hall–Kier alpha value is -3.43. The molecule has 1 fully saturated rings. The minimum atomic E-state index is -3.46. The van der Waals surface area contributed by atoms with Gasteiger partial charge in [-0.05, 0) is 55.3 Å². The van der Waals surface area contributed by atoms with E-state index in [9.17, 15) is 13.2 Å². The van der Waals surface area contributed by atoms with Crippen molar-refractivity contribution in [2.45, 2.75) is 24.2 Å². The Labute approximate surface area is 185 Å². The minimum absolute atomic E-state index is 0.169. The Balaban J connectivity index is 1.42. The van der Waals surface area contributed by atoms with Crippen molar-refractivity contribution >= 4 is 27.0 Å². The molecule has 0 aliphatic carbocycles. The maximum atomic E-state index is 12.9. The Morgan fingerprint density at radius 2 is 1.75 bits per heavy atom. The molecule has 5 rings (SSSR count). The number of aromatic nitrogens is 3. The number of H-pyrrole nitrogens is 1. The fourth-order valence-electron chi connectivity index (χ4n) is 4.07. The van der Waals surface area contributed by atoms with Crippen molar-refractivity contribution in [2.24, 2.45) is 0 Å². The van der Waals surface area contributed by atoms with Crippen LogP contribution in [0.15, 0.2) is 76.8 Å². The van der Waals surface area contributed by atoms with Crippen LogP contribution in [0.25, 0.3) is 16.9 Å². The van der Waals surface area contributed by atoms with Gasteiger partial charge >= 0.3 is 0 Å². The molecule has 164 valence electrons. The predicted molar refractivity (Wildman–Crippen MR) is 124 cm³/mol. The summed E-state index contributed by atoms with van der Waals surface area (Å²) in [5, 5.41) is 3.32. The molecule has 1 saturated heterocycles. The highest BCUT2D eigenvalue weighted by atomic mass is 32.2. The zero-order valence-electron chi connectivity index (χ0n) is 17.4. The van der Waals surface area contributed by atoms with Crippen molar-refractivity contribution in [3.8, 4) is 11.3 Å². The zero-order valence-corrected chi connectivity index (χ0v) is 18.2. The van der Waals surface area contributed by atoms with Gasteiger partial charge in [-0.3, -0.25) is 9.20 Å². The lowest BCUT2D eigenvalue weighted by Crippen LogP contribution is -2.35. The topological polar surface area (TPSA) is 99.6 Å². The lowest BCUT2D eigenvalue weighted by atomic mass is 10.1. The molecule has 0 spiro atoms. The van der Waals surface area contributed by atoms with E-state index in [0.29, 0.717) is 23.6 Å². The summed E-state index contributed by atoms with van der Waals surface area (Å²) >= 11 is 0. The Morgan fingerprint density at radius 1 is 0.969 bits per heavy atom. The third-order valence-corrected chi connectivity index (χ3v) is 7.62. The highest BCUT2D eigenvalue weighted by Gasteiger charge is 2.25. The van der Waals surface area contributed by atoms with Gasteiger partial charge in [-0.1, -0.05) is 6.42 Å². The van der Waals surface area contributed by atoms with Crippen LogP contribution in [0, 0.1) is 0 Å². The molecule has 32 heavy (non-hydrogen) atoms. The van der Waals surface area contributed by atoms with Gasteiger partial charge in [0.25, 0.3) is 0 Å². The SMILES string of the molecule is O=c1cc(-c2ccc(Nc3ccc(S(=O)(=O)N4CCCCC4)cc3)c3nccn23)cc[nH]1. The average Bonchev–Trinajstić information content (AvgIpc) is 3.31. The highest BCUT2D eigenvalue weighted by Crippen LogP contribution is 2.28. The molecule has 1 aliphatic heterocycles. The highest BCUT2D eigenvalue weighted by molar-refractivity contribution is 7.89. The van der Waals surface area contributed by atoms with Gasteiger partial charge in [0.15, 0.2) is 5.65 Å². The number of piperidine rings is 1. The summed E-state index contributed by atoms with van der Waals surface area (Å²) in [6.45, 7) is 1.17. The van der Waals surface area contributed by atoms with Crippen LogP contribution in [0.1, 0.15) is 19.3 Å². The molecule has 1 aromatic carbocycles. The second-order valence-electron chi connectivity index (χ2n) is 7.81. The van der Waals surface area contributed by atoms with E-state index < -0.39 is 10.0 Å². The van der Waals surface area contributed by atoms with Crippen molar-refractivity contribution in [3.63, 3.8) is 0 Å². The lowest BCUT2D eigenvalue weighted by Gasteiger charge is -2.25. The van der Waals surface area contributed by atoms with E-state index in [1.807, 2.05) is 28.8 Å². The van der Waals surface area contributed by atoms with Gasteiger partial charge in [-0.2, -0.15) is 4.31 Å². The van der Waals surface area contributed by atoms with Crippen molar-refractivity contribution in [1.29, 1.82) is 0 Å². The summed E-state index contributed by atoms with van der Waals surface area (Å²) in [4.78, 5) is 19.1. The molecule has 0 unspecified atom stereocenters. The summed E-state index contributed by atoms with van der Waals surface area (Å²) in [7, 11) is -3.46. The van der Waals surface area contributed by atoms with Crippen molar-refractivity contribution in [1.82, 2.24) is 18.7 Å². The first-order chi connectivity index (χ1) is 15.5. The quantitative estimate of drug-likeness (QED) is 0.485. The maximum Gasteiger partial charge on any atom is 0.248 e. The summed E-state index contributed by atoms with van der Waals surface area (Å²) in [5.41, 5.74) is 3.70. The number of benzene rings is 1. The molecule has 4 aromatic rings. The van der Waals surface area contributed by atoms with E-state index >= 15 is 0 Å². The van der Waals surface area contributed by atoms with E-state index in [1.165, 1.54) is 0 Å². The number of pyridine rings is 2. The summed E-state index contributed by atoms with van der Waals surface area (Å²) < 4.78 is 29.2. The molecule has 0 saturated carbocycles. The van der Waals surface area contributed by atoms with Crippen LogP contribution in [-0.4, -0.2) is 40.2 Å². The smallest absolute Gasteiger partial charge is 0.248 e. The van der Waals surface area contributed by atoms with Gasteiger partial charge < -0.3 is 10.3 Å². The monoisotopic (exact) mass is 449 g/mol. The normalized spacial score (nSPS) is 15.1. The van der Waals surface area contributed by atoms with E-state index in [-0.39, 0.29) is 5.56 Å². The number of rotatable bonds is 5. The fourth-order valence-corrected chi connectivity index (χ4v) is 5.59. The molecule has 0 radical (unpaired) electrons. The number of hydrogen-bond donors (Lipinski definition) is 2. The standard InChI is InChI=1S/C23H23N5O3S/c29-22-16-17(10-11-24-22)21-9-8-20(23-25-12-15-28(21)23)26-18-4-6-19(7-5-18)32(30,31)27-13-2-1-3-14-27/h4-12,15-16,26H,1-3,13-14H2,(H,24,29). The Morgan fingerprint density at radius 3 is 2.50 bits per heavy atom. The fraction of sp³-hybridized carbons (Fsp3) is 0.217. The minimum Gasteiger partial charge on any atom is -0.352 e. The molecule has 1 aliphatic rings. The first-order valence-corrected chi connectivity index (χ1v) is 12.0. The van der Waals surface area contributed by atoms with Crippen LogP contribution in [0.4, 0.5) is 11.4 Å². The van der Waals surface area contributed by atoms with Crippen LogP contribution in [-0.2, 0) is 10.0 Å². The van der Waals surface area contributed by atoms with Crippen LogP contribution >= 0.6 is 0 Å². The largest absolute Gasteiger partial charge is 0.352 e. The molecular formula is C23H23N5O3S. The first kappa shape index (κ1) is 20.5. The third-order valence-electron chi connectivity index (χ3n) is 5.71. The van der Waals surface area contributed by atoms with E-state index in [0.717, 1.165) is 41.9 Å². The number of nitrogens with one attached hydrogen (secondary N) is 2. The molecular weight excluding hydrogens is 426 g/mol. The number of anilines is 2. The number of nitrogens with zero attached hydrogens (tertiary/aromatic N) is 3. The average molecular weight is 450 g/mol. The van der Waals surface area contributed by atoms with Gasteiger partial charge in [-0.25, -0.2) is 13.4 Å². The summed E-state index contributed by atoms with van der Waals surface area (Å²) in [6.07, 6.45) is 8.05. The third kappa shape index (κ3) is 3.80. The molecule has 2 N–H and O–H groups in total. The van der Waals surface area contributed by atoms with Crippen molar-refractivity contribution < 1.29 is 8.42 Å². The molecule has 0 bridgehead atoms. The molecule has 8 nitrogen and oxygen atoms in total. The number of hydrogen-bond acceptors (Lipinski definition) is 5. The Kier molecular flexibility index (Phi) is 5.28. The van der Waals surface area contributed by atoms with Crippen LogP contribution in [0.2, 0.25) is 0 Å². The van der Waals surface area contributed by atoms with E-state index in [2.05, 4.69) is 15.3 Å². The van der Waals surface area contributed by atoms with Crippen LogP contribution in [0.3, 0.4) is 0 Å². The predicted octanol–water partition coefficient (Wildman–Crippen LogP) is 3.61. The van der Waals surface area contributed by atoms with E-state index in [1.54, 1.807) is 47.0 Å². The zero-order chi connectivity index (χ0) is 22.1. The number of sulfonamides is 1. The maximum absolute atomic E-state index is 12.9. The lowest BCUT2D eigenvalue weighted by molar-refractivity contribution is 0.346. The second kappa shape index (κ2) is 8.25. The van der Waals surface area contributed by atoms with Gasteiger partial charge in [-0.15, -0.1) is 0 Å². The Bertz CT molecular complexity index is 1420. The molecule has 3 aromatic heterocycles. The number of aromatic amines is 1.